The molecule has 1 saturated heterocycles. The lowest BCUT2D eigenvalue weighted by atomic mass is 9.96. The van der Waals surface area contributed by atoms with Crippen molar-refractivity contribution in [1.29, 1.82) is 0 Å². The third kappa shape index (κ3) is 4.13. The van der Waals surface area contributed by atoms with Gasteiger partial charge < -0.3 is 19.3 Å². The summed E-state index contributed by atoms with van der Waals surface area (Å²) in [5.41, 5.74) is 6.84. The van der Waals surface area contributed by atoms with E-state index in [0.29, 0.717) is 12.6 Å². The fourth-order valence-electron chi connectivity index (χ4n) is 5.92. The normalized spacial score (nSPS) is 18.2. The number of carbonyl (C=O) groups is 1. The zero-order valence-corrected chi connectivity index (χ0v) is 22.5. The average molecular weight is 540 g/mol. The standard InChI is InChI=1S/C31H30N4O5/c1-19-5-3-6-25(27-7-4-8-28-34(27)20(2)40-30-26(31(36)37)14-32-35(28)30)29(19)39-16-21-9-10-23-15-33(24-17-38-18-24)12-11-22(23)13-21/h3-10,13-14,20,24H,11-12,15-18H2,1-2H3/p+1. The highest BCUT2D eigenvalue weighted by molar-refractivity contribution is 5.90. The van der Waals surface area contributed by atoms with Crippen LogP contribution in [0.5, 0.6) is 11.6 Å². The molecule has 0 spiro atoms. The van der Waals surface area contributed by atoms with Gasteiger partial charge in [0.2, 0.25) is 6.23 Å². The SMILES string of the molecule is Cc1cccc(-c2cccc3[n+]2C(C)Oc2c(C(=O)O)cnn2-3)c1OCc1ccc2c(c1)CCN(C1COC1)C2. The van der Waals surface area contributed by atoms with Gasteiger partial charge in [-0.25, -0.2) is 4.79 Å². The lowest BCUT2D eigenvalue weighted by Gasteiger charge is -2.40. The van der Waals surface area contributed by atoms with Gasteiger partial charge in [-0.3, -0.25) is 4.90 Å². The number of aromatic carboxylic acids is 1. The van der Waals surface area contributed by atoms with Crippen molar-refractivity contribution < 1.29 is 28.7 Å². The number of hydrogen-bond donors (Lipinski definition) is 1. The van der Waals surface area contributed by atoms with E-state index in [1.165, 1.54) is 22.0 Å². The van der Waals surface area contributed by atoms with Gasteiger partial charge in [0.15, 0.2) is 5.56 Å². The molecule has 3 aliphatic rings. The van der Waals surface area contributed by atoms with E-state index >= 15 is 0 Å². The van der Waals surface area contributed by atoms with Gasteiger partial charge in [0.25, 0.3) is 0 Å². The first-order valence-corrected chi connectivity index (χ1v) is 13.7. The van der Waals surface area contributed by atoms with E-state index in [9.17, 15) is 9.90 Å². The second-order valence-electron chi connectivity index (χ2n) is 10.7. The number of para-hydroxylation sites is 1. The molecule has 9 nitrogen and oxygen atoms in total. The third-order valence-electron chi connectivity index (χ3n) is 8.14. The van der Waals surface area contributed by atoms with Gasteiger partial charge in [-0.15, -0.1) is 0 Å². The first-order valence-electron chi connectivity index (χ1n) is 13.7. The molecule has 5 heterocycles. The number of aromatic nitrogens is 3. The molecule has 0 amide bonds. The molecule has 1 unspecified atom stereocenters. The van der Waals surface area contributed by atoms with Gasteiger partial charge in [0, 0.05) is 26.1 Å². The number of nitrogens with zero attached hydrogens (tertiary/aromatic N) is 4. The smallest absolute Gasteiger partial charge is 0.345 e. The highest BCUT2D eigenvalue weighted by atomic mass is 16.5. The van der Waals surface area contributed by atoms with Crippen LogP contribution >= 0.6 is 0 Å². The zero-order valence-electron chi connectivity index (χ0n) is 22.5. The minimum absolute atomic E-state index is 0.0397. The van der Waals surface area contributed by atoms with Gasteiger partial charge in [0.1, 0.15) is 18.1 Å². The summed E-state index contributed by atoms with van der Waals surface area (Å²) < 4.78 is 21.6. The Bertz CT molecular complexity index is 1630. The topological polar surface area (TPSA) is 89.9 Å². The van der Waals surface area contributed by atoms with E-state index in [2.05, 4.69) is 41.2 Å². The van der Waals surface area contributed by atoms with Crippen LogP contribution in [0.3, 0.4) is 0 Å². The summed E-state index contributed by atoms with van der Waals surface area (Å²) >= 11 is 0. The second-order valence-corrected chi connectivity index (χ2v) is 10.7. The monoisotopic (exact) mass is 539 g/mol. The molecule has 1 N–H and O–H groups in total. The first kappa shape index (κ1) is 24.8. The summed E-state index contributed by atoms with van der Waals surface area (Å²) in [7, 11) is 0. The molecular weight excluding hydrogens is 508 g/mol. The van der Waals surface area contributed by atoms with Crippen LogP contribution in [0.1, 0.15) is 45.8 Å². The Balaban J connectivity index is 1.19. The summed E-state index contributed by atoms with van der Waals surface area (Å²) in [4.78, 5) is 14.2. The van der Waals surface area contributed by atoms with E-state index in [4.69, 9.17) is 14.2 Å². The summed E-state index contributed by atoms with van der Waals surface area (Å²) in [6.07, 6.45) is 1.92. The number of fused-ring (bicyclic) bond motifs is 4. The van der Waals surface area contributed by atoms with Crippen molar-refractivity contribution in [3.8, 4) is 28.7 Å². The highest BCUT2D eigenvalue weighted by Crippen LogP contribution is 2.36. The number of aryl methyl sites for hydroxylation is 1. The highest BCUT2D eigenvalue weighted by Gasteiger charge is 2.38. The van der Waals surface area contributed by atoms with Crippen molar-refractivity contribution in [2.75, 3.05) is 19.8 Å². The summed E-state index contributed by atoms with van der Waals surface area (Å²) in [5.74, 6) is 0.694. The van der Waals surface area contributed by atoms with E-state index in [1.807, 2.05) is 41.8 Å². The summed E-state index contributed by atoms with van der Waals surface area (Å²) in [6.45, 7) is 8.15. The van der Waals surface area contributed by atoms with Crippen LogP contribution in [0, 0.1) is 6.92 Å². The van der Waals surface area contributed by atoms with Gasteiger partial charge in [0.05, 0.1) is 31.0 Å². The van der Waals surface area contributed by atoms with Gasteiger partial charge in [-0.05, 0) is 53.8 Å². The molecule has 2 aromatic heterocycles. The minimum atomic E-state index is -1.07. The van der Waals surface area contributed by atoms with Crippen molar-refractivity contribution in [3.63, 3.8) is 0 Å². The zero-order chi connectivity index (χ0) is 27.4. The molecule has 2 aromatic carbocycles. The fraction of sp³-hybridized carbons (Fsp3) is 0.323. The summed E-state index contributed by atoms with van der Waals surface area (Å²) in [5, 5.41) is 13.9. The number of carboxylic acids is 1. The lowest BCUT2D eigenvalue weighted by molar-refractivity contribution is -0.740. The van der Waals surface area contributed by atoms with E-state index in [1.54, 1.807) is 0 Å². The Kier molecular flexibility index (Phi) is 6.05. The van der Waals surface area contributed by atoms with Gasteiger partial charge in [-0.1, -0.05) is 40.1 Å². The third-order valence-corrected chi connectivity index (χ3v) is 8.14. The Labute approximate surface area is 232 Å². The first-order chi connectivity index (χ1) is 19.5. The largest absolute Gasteiger partial charge is 0.488 e. The predicted molar refractivity (Wildman–Crippen MR) is 146 cm³/mol. The Morgan fingerprint density at radius 1 is 1.15 bits per heavy atom. The Morgan fingerprint density at radius 2 is 2.00 bits per heavy atom. The lowest BCUT2D eigenvalue weighted by Crippen LogP contribution is -2.50. The molecule has 7 rings (SSSR count). The number of pyridine rings is 1. The molecule has 1 atom stereocenters. The van der Waals surface area contributed by atoms with Crippen LogP contribution in [-0.4, -0.2) is 51.6 Å². The maximum atomic E-state index is 11.7. The maximum Gasteiger partial charge on any atom is 0.345 e. The van der Waals surface area contributed by atoms with Gasteiger partial charge >= 0.3 is 17.7 Å². The second kappa shape index (κ2) is 9.76. The Hall–Kier alpha value is -4.21. The van der Waals surface area contributed by atoms with Crippen LogP contribution in [-0.2, 0) is 24.3 Å². The molecular formula is C31H31N4O5+. The maximum absolute atomic E-state index is 11.7. The van der Waals surface area contributed by atoms with Crippen molar-refractivity contribution in [2.45, 2.75) is 45.7 Å². The Morgan fingerprint density at radius 3 is 2.80 bits per heavy atom. The fourth-order valence-corrected chi connectivity index (χ4v) is 5.92. The molecule has 0 bridgehead atoms. The number of rotatable bonds is 6. The molecule has 4 aromatic rings. The molecule has 204 valence electrons. The van der Waals surface area contributed by atoms with Crippen LogP contribution < -0.4 is 14.0 Å². The number of ether oxygens (including phenoxy) is 3. The van der Waals surface area contributed by atoms with Crippen molar-refractivity contribution >= 4 is 5.97 Å². The molecule has 1 fully saturated rings. The molecule has 0 saturated carbocycles. The quantitative estimate of drug-likeness (QED) is 0.370. The molecule has 9 heteroatoms. The van der Waals surface area contributed by atoms with Crippen LogP contribution in [0.4, 0.5) is 0 Å². The molecule has 3 aliphatic heterocycles. The van der Waals surface area contributed by atoms with E-state index < -0.39 is 12.2 Å². The van der Waals surface area contributed by atoms with Crippen molar-refractivity contribution in [1.82, 2.24) is 14.7 Å². The van der Waals surface area contributed by atoms with E-state index in [0.717, 1.165) is 66.7 Å². The summed E-state index contributed by atoms with van der Waals surface area (Å²) in [6, 6.07) is 19.3. The molecule has 0 radical (unpaired) electrons. The van der Waals surface area contributed by atoms with Crippen molar-refractivity contribution in [3.05, 3.63) is 88.6 Å². The number of carboxylic acid groups (broad SMARTS) is 1. The molecule has 0 aliphatic carbocycles. The van der Waals surface area contributed by atoms with Crippen LogP contribution in [0.2, 0.25) is 0 Å². The van der Waals surface area contributed by atoms with Crippen molar-refractivity contribution in [2.24, 2.45) is 0 Å². The minimum Gasteiger partial charge on any atom is -0.488 e. The molecule has 40 heavy (non-hydrogen) atoms. The average Bonchev–Trinajstić information content (AvgIpc) is 3.35. The number of hydrogen-bond acceptors (Lipinski definition) is 6. The predicted octanol–water partition coefficient (Wildman–Crippen LogP) is 4.08. The van der Waals surface area contributed by atoms with E-state index in [-0.39, 0.29) is 11.4 Å². The van der Waals surface area contributed by atoms with Crippen LogP contribution in [0.25, 0.3) is 17.1 Å². The number of benzene rings is 2. The van der Waals surface area contributed by atoms with Gasteiger partial charge in [-0.2, -0.15) is 4.57 Å². The van der Waals surface area contributed by atoms with Crippen LogP contribution in [0.15, 0.2) is 60.8 Å².